The molecule has 0 saturated heterocycles. The lowest BCUT2D eigenvalue weighted by Crippen LogP contribution is -2.28. The number of hydrogen-bond donors (Lipinski definition) is 1. The Bertz CT molecular complexity index is 766. The molecule has 1 aromatic rings. The Hall–Kier alpha value is -2.48. The summed E-state index contributed by atoms with van der Waals surface area (Å²) in [4.78, 5) is 46.3. The number of carbonyl (C=O) groups excluding carboxylic acids is 3. The number of ether oxygens (including phenoxy) is 1. The van der Waals surface area contributed by atoms with Crippen molar-refractivity contribution in [3.8, 4) is 0 Å². The van der Waals surface area contributed by atoms with Gasteiger partial charge in [0.05, 0.1) is 17.1 Å². The fraction of sp³-hybridized carbons (Fsp3) is 0.500. The number of amides is 1. The van der Waals surface area contributed by atoms with E-state index in [0.717, 1.165) is 5.56 Å². The van der Waals surface area contributed by atoms with Crippen LogP contribution >= 0.6 is 11.6 Å². The highest BCUT2D eigenvalue weighted by atomic mass is 35.5. The third-order valence-corrected chi connectivity index (χ3v) is 5.01. The van der Waals surface area contributed by atoms with Gasteiger partial charge in [0, 0.05) is 23.2 Å². The van der Waals surface area contributed by atoms with Crippen LogP contribution in [0.25, 0.3) is 0 Å². The second-order valence-electron chi connectivity index (χ2n) is 6.83. The van der Waals surface area contributed by atoms with Crippen LogP contribution in [0, 0.1) is 34.8 Å². The first-order chi connectivity index (χ1) is 12.7. The van der Waals surface area contributed by atoms with Gasteiger partial charge in [-0.15, -0.1) is 0 Å². The highest BCUT2D eigenvalue weighted by Crippen LogP contribution is 2.36. The molecule has 146 valence electrons. The van der Waals surface area contributed by atoms with Gasteiger partial charge in [-0.2, -0.15) is 0 Å². The predicted octanol–water partition coefficient (Wildman–Crippen LogP) is 2.64. The standard InChI is InChI=1S/C18H21ClN2O6/c1-10-3-4-15(14(19)5-10)20-17(23)9-27-18(24)7-12-13(8-21(25)26)11(2)6-16(12)22/h3-5,11-13H,6-9H2,1-2H3,(H,20,23)/t11-,12+,13+/m1/s1. The maximum absolute atomic E-state index is 12.0. The summed E-state index contributed by atoms with van der Waals surface area (Å²) in [6.45, 7) is 2.73. The van der Waals surface area contributed by atoms with Gasteiger partial charge in [-0.05, 0) is 30.5 Å². The second kappa shape index (κ2) is 8.94. The summed E-state index contributed by atoms with van der Waals surface area (Å²) in [6, 6.07) is 5.10. The number of hydrogen-bond acceptors (Lipinski definition) is 6. The SMILES string of the molecule is Cc1ccc(NC(=O)COC(=O)C[C@@H]2C(=O)C[C@@H](C)[C@@H]2C[N+](=O)[O-])c(Cl)c1. The van der Waals surface area contributed by atoms with Crippen molar-refractivity contribution >= 4 is 34.9 Å². The molecule has 0 aromatic heterocycles. The average molecular weight is 397 g/mol. The lowest BCUT2D eigenvalue weighted by Gasteiger charge is -2.17. The van der Waals surface area contributed by atoms with Crippen molar-refractivity contribution in [3.63, 3.8) is 0 Å². The number of nitrogens with zero attached hydrogens (tertiary/aromatic N) is 1. The smallest absolute Gasteiger partial charge is 0.307 e. The van der Waals surface area contributed by atoms with Crippen LogP contribution in [0.5, 0.6) is 0 Å². The zero-order chi connectivity index (χ0) is 20.1. The fourth-order valence-corrected chi connectivity index (χ4v) is 3.57. The maximum Gasteiger partial charge on any atom is 0.307 e. The Labute approximate surface area is 161 Å². The number of anilines is 1. The quantitative estimate of drug-likeness (QED) is 0.430. The van der Waals surface area contributed by atoms with E-state index in [0.29, 0.717) is 10.7 Å². The van der Waals surface area contributed by atoms with Gasteiger partial charge in [0.25, 0.3) is 5.91 Å². The normalized spacial score (nSPS) is 21.7. The molecule has 1 aromatic carbocycles. The van der Waals surface area contributed by atoms with Crippen molar-refractivity contribution in [2.45, 2.75) is 26.7 Å². The number of ketones is 1. The van der Waals surface area contributed by atoms with Gasteiger partial charge in [-0.1, -0.05) is 24.6 Å². The van der Waals surface area contributed by atoms with Gasteiger partial charge in [0.1, 0.15) is 5.78 Å². The van der Waals surface area contributed by atoms with Gasteiger partial charge >= 0.3 is 5.97 Å². The number of benzene rings is 1. The summed E-state index contributed by atoms with van der Waals surface area (Å²) in [5.41, 5.74) is 1.33. The minimum atomic E-state index is -0.743. The van der Waals surface area contributed by atoms with Gasteiger partial charge < -0.3 is 10.1 Å². The Morgan fingerprint density at radius 3 is 2.74 bits per heavy atom. The molecule has 3 atom stereocenters. The van der Waals surface area contributed by atoms with Crippen molar-refractivity contribution < 1.29 is 24.0 Å². The number of Topliss-reactive ketones (excluding diaryl/α,β-unsaturated/α-hetero) is 1. The lowest BCUT2D eigenvalue weighted by atomic mass is 9.88. The molecule has 1 aliphatic carbocycles. The number of halogens is 1. The molecule has 0 unspecified atom stereocenters. The molecule has 2 rings (SSSR count). The minimum Gasteiger partial charge on any atom is -0.456 e. The zero-order valence-corrected chi connectivity index (χ0v) is 15.8. The van der Waals surface area contributed by atoms with Crippen molar-refractivity contribution in [2.75, 3.05) is 18.5 Å². The fourth-order valence-electron chi connectivity index (χ4n) is 3.29. The third-order valence-electron chi connectivity index (χ3n) is 4.69. The molecule has 9 heteroatoms. The minimum absolute atomic E-state index is 0.160. The summed E-state index contributed by atoms with van der Waals surface area (Å²) in [5, 5.41) is 13.7. The number of nitrogens with one attached hydrogen (secondary N) is 1. The van der Waals surface area contributed by atoms with Gasteiger partial charge in [-0.3, -0.25) is 24.5 Å². The predicted molar refractivity (Wildman–Crippen MR) is 98.0 cm³/mol. The highest BCUT2D eigenvalue weighted by Gasteiger charge is 2.44. The van der Waals surface area contributed by atoms with E-state index >= 15 is 0 Å². The molecular weight excluding hydrogens is 376 g/mol. The van der Waals surface area contributed by atoms with Crippen LogP contribution in [-0.2, 0) is 19.1 Å². The molecule has 1 fully saturated rings. The number of rotatable bonds is 7. The van der Waals surface area contributed by atoms with E-state index in [1.165, 1.54) is 0 Å². The van der Waals surface area contributed by atoms with Crippen LogP contribution in [0.4, 0.5) is 5.69 Å². The van der Waals surface area contributed by atoms with Crippen molar-refractivity contribution in [1.29, 1.82) is 0 Å². The molecule has 1 saturated carbocycles. The van der Waals surface area contributed by atoms with E-state index in [4.69, 9.17) is 16.3 Å². The largest absolute Gasteiger partial charge is 0.456 e. The zero-order valence-electron chi connectivity index (χ0n) is 15.1. The molecule has 0 bridgehead atoms. The molecule has 1 amide bonds. The Kier molecular flexibility index (Phi) is 6.90. The van der Waals surface area contributed by atoms with Crippen LogP contribution in [-0.4, -0.2) is 35.7 Å². The molecule has 0 radical (unpaired) electrons. The lowest BCUT2D eigenvalue weighted by molar-refractivity contribution is -0.490. The van der Waals surface area contributed by atoms with Crippen LogP contribution in [0.3, 0.4) is 0 Å². The molecule has 0 heterocycles. The monoisotopic (exact) mass is 396 g/mol. The van der Waals surface area contributed by atoms with Gasteiger partial charge in [-0.25, -0.2) is 0 Å². The topological polar surface area (TPSA) is 116 Å². The molecule has 27 heavy (non-hydrogen) atoms. The van der Waals surface area contributed by atoms with E-state index in [1.807, 2.05) is 6.92 Å². The van der Waals surface area contributed by atoms with Crippen molar-refractivity contribution in [2.24, 2.45) is 17.8 Å². The van der Waals surface area contributed by atoms with E-state index < -0.39 is 35.2 Å². The molecule has 0 aliphatic heterocycles. The average Bonchev–Trinajstić information content (AvgIpc) is 2.82. The first kappa shape index (κ1) is 20.8. The van der Waals surface area contributed by atoms with E-state index in [-0.39, 0.29) is 31.1 Å². The van der Waals surface area contributed by atoms with Crippen molar-refractivity contribution in [1.82, 2.24) is 0 Å². The summed E-state index contributed by atoms with van der Waals surface area (Å²) in [7, 11) is 0. The van der Waals surface area contributed by atoms with Crippen LogP contribution in [0.1, 0.15) is 25.3 Å². The summed E-state index contributed by atoms with van der Waals surface area (Å²) < 4.78 is 4.92. The first-order valence-electron chi connectivity index (χ1n) is 8.53. The number of carbonyl (C=O) groups is 3. The Morgan fingerprint density at radius 1 is 1.41 bits per heavy atom. The third kappa shape index (κ3) is 5.75. The van der Waals surface area contributed by atoms with E-state index in [2.05, 4.69) is 5.32 Å². The van der Waals surface area contributed by atoms with Crippen LogP contribution in [0.15, 0.2) is 18.2 Å². The molecule has 8 nitrogen and oxygen atoms in total. The number of nitro groups is 1. The van der Waals surface area contributed by atoms with Gasteiger partial charge in [0.15, 0.2) is 6.61 Å². The van der Waals surface area contributed by atoms with Crippen molar-refractivity contribution in [3.05, 3.63) is 38.9 Å². The number of esters is 1. The molecular formula is C18H21ClN2O6. The van der Waals surface area contributed by atoms with E-state index in [1.54, 1.807) is 25.1 Å². The summed E-state index contributed by atoms with van der Waals surface area (Å²) in [5.74, 6) is -2.88. The van der Waals surface area contributed by atoms with E-state index in [9.17, 15) is 24.5 Å². The second-order valence-corrected chi connectivity index (χ2v) is 7.24. The van der Waals surface area contributed by atoms with Crippen LogP contribution in [0.2, 0.25) is 5.02 Å². The Balaban J connectivity index is 1.86. The molecule has 0 spiro atoms. The maximum atomic E-state index is 12.0. The summed E-state index contributed by atoms with van der Waals surface area (Å²) in [6.07, 6.45) is -0.0525. The summed E-state index contributed by atoms with van der Waals surface area (Å²) >= 11 is 6.02. The highest BCUT2D eigenvalue weighted by molar-refractivity contribution is 6.33. The Morgan fingerprint density at radius 2 is 2.11 bits per heavy atom. The molecule has 1 aliphatic rings. The van der Waals surface area contributed by atoms with Gasteiger partial charge in [0.2, 0.25) is 6.54 Å². The van der Waals surface area contributed by atoms with Crippen LogP contribution < -0.4 is 5.32 Å². The molecule has 1 N–H and O–H groups in total. The first-order valence-corrected chi connectivity index (χ1v) is 8.91. The number of aryl methyl sites for hydroxylation is 1.